The number of fused-ring (bicyclic) bond motifs is 3. The third-order valence-electron chi connectivity index (χ3n) is 5.92. The van der Waals surface area contributed by atoms with Crippen molar-refractivity contribution >= 4 is 31.9 Å². The lowest BCUT2D eigenvalue weighted by Crippen LogP contribution is -2.34. The maximum atomic E-state index is 4.26. The van der Waals surface area contributed by atoms with Crippen LogP contribution in [0.5, 0.6) is 0 Å². The summed E-state index contributed by atoms with van der Waals surface area (Å²) < 4.78 is -0.323. The average Bonchev–Trinajstić information content (AvgIpc) is 3.06. The molecule has 0 amide bonds. The van der Waals surface area contributed by atoms with Crippen LogP contribution in [-0.2, 0) is 4.32 Å². The molecule has 0 fully saturated rings. The standard InChI is InChI=1S/C27H20Br2/c28-26(25(19-11-3-1-4-12-19)20-13-5-2-6-14-20)27(29)23-17-9-7-15-21(23)22-16-8-10-18-24(22)27/h1-18,25-26H. The molecule has 0 nitrogen and oxygen atoms in total. The van der Waals surface area contributed by atoms with Gasteiger partial charge in [-0.05, 0) is 33.4 Å². The molecule has 2 heteroatoms. The zero-order chi connectivity index (χ0) is 19.8. The number of halogens is 2. The molecule has 0 aliphatic heterocycles. The largest absolute Gasteiger partial charge is 0.0900 e. The molecule has 1 atom stereocenters. The molecular weight excluding hydrogens is 484 g/mol. The molecule has 0 spiro atoms. The van der Waals surface area contributed by atoms with Crippen LogP contribution in [0.1, 0.15) is 28.2 Å². The van der Waals surface area contributed by atoms with Crippen LogP contribution < -0.4 is 0 Å². The fourth-order valence-electron chi connectivity index (χ4n) is 4.59. The smallest absolute Gasteiger partial charge is 0.0858 e. The first kappa shape index (κ1) is 18.8. The minimum Gasteiger partial charge on any atom is -0.0858 e. The summed E-state index contributed by atoms with van der Waals surface area (Å²) in [7, 11) is 0. The first-order valence-electron chi connectivity index (χ1n) is 9.83. The van der Waals surface area contributed by atoms with E-state index in [4.69, 9.17) is 0 Å². The summed E-state index contributed by atoms with van der Waals surface area (Å²) in [6, 6.07) is 39.1. The van der Waals surface area contributed by atoms with E-state index in [1.165, 1.54) is 33.4 Å². The lowest BCUT2D eigenvalue weighted by atomic mass is 9.80. The summed E-state index contributed by atoms with van der Waals surface area (Å²) in [6.07, 6.45) is 0. The number of hydrogen-bond acceptors (Lipinski definition) is 0. The second-order valence-electron chi connectivity index (χ2n) is 7.50. The van der Waals surface area contributed by atoms with Crippen molar-refractivity contribution in [3.05, 3.63) is 131 Å². The quantitative estimate of drug-likeness (QED) is 0.248. The molecule has 0 saturated carbocycles. The van der Waals surface area contributed by atoms with E-state index in [-0.39, 0.29) is 15.1 Å². The van der Waals surface area contributed by atoms with Gasteiger partial charge in [0.25, 0.3) is 0 Å². The number of hydrogen-bond donors (Lipinski definition) is 0. The van der Waals surface area contributed by atoms with E-state index in [1.807, 2.05) is 0 Å². The minimum atomic E-state index is -0.323. The van der Waals surface area contributed by atoms with Gasteiger partial charge in [0.2, 0.25) is 0 Å². The lowest BCUT2D eigenvalue weighted by molar-refractivity contribution is 0.650. The Bertz CT molecular complexity index is 1050. The van der Waals surface area contributed by atoms with Crippen molar-refractivity contribution in [2.45, 2.75) is 15.1 Å². The predicted molar refractivity (Wildman–Crippen MR) is 129 cm³/mol. The first-order valence-corrected chi connectivity index (χ1v) is 11.5. The molecule has 0 heterocycles. The third-order valence-corrected chi connectivity index (χ3v) is 9.10. The summed E-state index contributed by atoms with van der Waals surface area (Å²) in [4.78, 5) is 0.115. The summed E-state index contributed by atoms with van der Waals surface area (Å²) in [6.45, 7) is 0. The summed E-state index contributed by atoms with van der Waals surface area (Å²) >= 11 is 8.45. The van der Waals surface area contributed by atoms with Crippen molar-refractivity contribution in [3.8, 4) is 11.1 Å². The Morgan fingerprint density at radius 3 is 1.34 bits per heavy atom. The molecule has 0 N–H and O–H groups in total. The van der Waals surface area contributed by atoms with Crippen LogP contribution in [0.15, 0.2) is 109 Å². The van der Waals surface area contributed by atoms with E-state index < -0.39 is 0 Å². The highest BCUT2D eigenvalue weighted by molar-refractivity contribution is 9.12. The van der Waals surface area contributed by atoms with Gasteiger partial charge in [-0.1, -0.05) is 141 Å². The van der Waals surface area contributed by atoms with Crippen molar-refractivity contribution in [1.29, 1.82) is 0 Å². The molecule has 0 saturated heterocycles. The second-order valence-corrected chi connectivity index (χ2v) is 9.74. The van der Waals surface area contributed by atoms with Gasteiger partial charge in [0.15, 0.2) is 0 Å². The SMILES string of the molecule is BrC(C(c1ccccc1)c1ccccc1)C1(Br)c2ccccc2-c2ccccc21. The molecule has 0 radical (unpaired) electrons. The van der Waals surface area contributed by atoms with Crippen LogP contribution in [0, 0.1) is 0 Å². The summed E-state index contributed by atoms with van der Waals surface area (Å²) in [5.41, 5.74) is 7.87. The lowest BCUT2D eigenvalue weighted by Gasteiger charge is -2.36. The molecule has 29 heavy (non-hydrogen) atoms. The van der Waals surface area contributed by atoms with Crippen LogP contribution in [0.2, 0.25) is 0 Å². The van der Waals surface area contributed by atoms with Crippen molar-refractivity contribution in [3.63, 3.8) is 0 Å². The molecule has 1 unspecified atom stereocenters. The molecule has 0 aromatic heterocycles. The van der Waals surface area contributed by atoms with Gasteiger partial charge in [-0.25, -0.2) is 0 Å². The van der Waals surface area contributed by atoms with Crippen molar-refractivity contribution in [2.24, 2.45) is 0 Å². The van der Waals surface area contributed by atoms with Gasteiger partial charge in [-0.3, -0.25) is 0 Å². The highest BCUT2D eigenvalue weighted by Gasteiger charge is 2.49. The Balaban J connectivity index is 1.73. The zero-order valence-corrected chi connectivity index (χ0v) is 19.0. The van der Waals surface area contributed by atoms with E-state index in [2.05, 4.69) is 141 Å². The summed E-state index contributed by atoms with van der Waals surface area (Å²) in [5, 5.41) is 0. The molecule has 1 aliphatic carbocycles. The Labute approximate surface area is 188 Å². The predicted octanol–water partition coefficient (Wildman–Crippen LogP) is 7.90. The van der Waals surface area contributed by atoms with Gasteiger partial charge in [0.1, 0.15) is 0 Å². The van der Waals surface area contributed by atoms with Crippen molar-refractivity contribution in [1.82, 2.24) is 0 Å². The summed E-state index contributed by atoms with van der Waals surface area (Å²) in [5.74, 6) is 0.191. The van der Waals surface area contributed by atoms with Gasteiger partial charge in [0, 0.05) is 10.7 Å². The van der Waals surface area contributed by atoms with Crippen molar-refractivity contribution in [2.75, 3.05) is 0 Å². The van der Waals surface area contributed by atoms with Crippen molar-refractivity contribution < 1.29 is 0 Å². The molecule has 1 aliphatic rings. The Morgan fingerprint density at radius 1 is 0.517 bits per heavy atom. The maximum absolute atomic E-state index is 4.26. The topological polar surface area (TPSA) is 0 Å². The van der Waals surface area contributed by atoms with E-state index in [0.29, 0.717) is 0 Å². The maximum Gasteiger partial charge on any atom is 0.0900 e. The highest BCUT2D eigenvalue weighted by atomic mass is 79.9. The Kier molecular flexibility index (Phi) is 4.93. The normalized spacial score (nSPS) is 15.0. The van der Waals surface area contributed by atoms with Crippen LogP contribution in [0.3, 0.4) is 0 Å². The van der Waals surface area contributed by atoms with Crippen LogP contribution in [0.4, 0.5) is 0 Å². The van der Waals surface area contributed by atoms with E-state index in [9.17, 15) is 0 Å². The molecule has 0 bridgehead atoms. The zero-order valence-electron chi connectivity index (χ0n) is 15.8. The monoisotopic (exact) mass is 502 g/mol. The van der Waals surface area contributed by atoms with Gasteiger partial charge >= 0.3 is 0 Å². The van der Waals surface area contributed by atoms with E-state index in [0.717, 1.165) is 0 Å². The number of benzene rings is 4. The van der Waals surface area contributed by atoms with E-state index in [1.54, 1.807) is 0 Å². The van der Waals surface area contributed by atoms with Gasteiger partial charge in [0.05, 0.1) is 4.32 Å². The van der Waals surface area contributed by atoms with Gasteiger partial charge in [-0.15, -0.1) is 0 Å². The minimum absolute atomic E-state index is 0.115. The van der Waals surface area contributed by atoms with E-state index >= 15 is 0 Å². The molecule has 4 aromatic rings. The first-order chi connectivity index (χ1) is 14.2. The Hall–Kier alpha value is -2.16. The van der Waals surface area contributed by atoms with Crippen LogP contribution in [-0.4, -0.2) is 4.83 Å². The van der Waals surface area contributed by atoms with Gasteiger partial charge in [-0.2, -0.15) is 0 Å². The molecular formula is C27H20Br2. The molecule has 142 valence electrons. The second kappa shape index (κ2) is 7.59. The van der Waals surface area contributed by atoms with Crippen LogP contribution in [0.25, 0.3) is 11.1 Å². The fraction of sp³-hybridized carbons (Fsp3) is 0.111. The third kappa shape index (κ3) is 3.01. The Morgan fingerprint density at radius 2 is 0.897 bits per heavy atom. The van der Waals surface area contributed by atoms with Crippen LogP contribution >= 0.6 is 31.9 Å². The highest BCUT2D eigenvalue weighted by Crippen LogP contribution is 2.59. The molecule has 4 aromatic carbocycles. The number of alkyl halides is 2. The average molecular weight is 504 g/mol. The van der Waals surface area contributed by atoms with Gasteiger partial charge < -0.3 is 0 Å². The fourth-order valence-corrected chi connectivity index (χ4v) is 6.65. The molecule has 5 rings (SSSR count). The number of rotatable bonds is 4.